The van der Waals surface area contributed by atoms with E-state index in [1.165, 1.54) is 24.8 Å². The fourth-order valence-corrected chi connectivity index (χ4v) is 3.49. The van der Waals surface area contributed by atoms with Crippen molar-refractivity contribution in [1.29, 1.82) is 0 Å². The third-order valence-corrected chi connectivity index (χ3v) is 4.39. The van der Waals surface area contributed by atoms with Gasteiger partial charge in [-0.1, -0.05) is 17.7 Å². The molecule has 0 spiro atoms. The summed E-state index contributed by atoms with van der Waals surface area (Å²) in [7, 11) is 0. The molecule has 4 atom stereocenters. The van der Waals surface area contributed by atoms with Crippen LogP contribution < -0.4 is 5.73 Å². The molecular formula is C12H15ClN2. The van der Waals surface area contributed by atoms with E-state index in [1.807, 2.05) is 12.3 Å². The summed E-state index contributed by atoms with van der Waals surface area (Å²) in [4.78, 5) is 4.16. The van der Waals surface area contributed by atoms with Crippen molar-refractivity contribution in [2.45, 2.75) is 31.2 Å². The van der Waals surface area contributed by atoms with Gasteiger partial charge in [-0.2, -0.15) is 0 Å². The molecule has 1 aromatic heterocycles. The number of nitrogens with zero attached hydrogens (tertiary/aromatic N) is 1. The smallest absolute Gasteiger partial charge is 0.129 e. The summed E-state index contributed by atoms with van der Waals surface area (Å²) >= 11 is 5.79. The second-order valence-electron chi connectivity index (χ2n) is 4.84. The van der Waals surface area contributed by atoms with Crippen LogP contribution >= 0.6 is 11.6 Å². The van der Waals surface area contributed by atoms with E-state index in [2.05, 4.69) is 11.1 Å². The lowest BCUT2D eigenvalue weighted by Gasteiger charge is -2.21. The van der Waals surface area contributed by atoms with E-state index < -0.39 is 0 Å². The molecule has 1 unspecified atom stereocenters. The Morgan fingerprint density at radius 2 is 2.20 bits per heavy atom. The Labute approximate surface area is 94.8 Å². The third kappa shape index (κ3) is 1.47. The normalized spacial score (nSPS) is 38.5. The molecule has 1 aromatic rings. The first-order valence-corrected chi connectivity index (χ1v) is 6.00. The maximum absolute atomic E-state index is 6.20. The summed E-state index contributed by atoms with van der Waals surface area (Å²) in [6.45, 7) is 0. The van der Waals surface area contributed by atoms with Crippen LogP contribution in [0.15, 0.2) is 18.3 Å². The molecule has 15 heavy (non-hydrogen) atoms. The SMILES string of the molecule is NC1[C@@H]2CC[C@H]1[C@@H](c1ccc(Cl)nc1)C2. The minimum atomic E-state index is 0.422. The largest absolute Gasteiger partial charge is 0.327 e. The third-order valence-electron chi connectivity index (χ3n) is 4.16. The molecular weight excluding hydrogens is 208 g/mol. The van der Waals surface area contributed by atoms with E-state index >= 15 is 0 Å². The molecule has 0 aromatic carbocycles. The molecule has 0 saturated heterocycles. The van der Waals surface area contributed by atoms with Gasteiger partial charge in [0.1, 0.15) is 5.15 Å². The highest BCUT2D eigenvalue weighted by Gasteiger charge is 2.46. The molecule has 2 aliphatic carbocycles. The second kappa shape index (κ2) is 3.46. The second-order valence-corrected chi connectivity index (χ2v) is 5.22. The summed E-state index contributed by atoms with van der Waals surface area (Å²) in [6.07, 6.45) is 5.78. The van der Waals surface area contributed by atoms with Crippen LogP contribution in [-0.4, -0.2) is 11.0 Å². The summed E-state index contributed by atoms with van der Waals surface area (Å²) < 4.78 is 0. The molecule has 3 heteroatoms. The van der Waals surface area contributed by atoms with Crippen molar-refractivity contribution in [2.24, 2.45) is 17.6 Å². The Hall–Kier alpha value is -0.600. The topological polar surface area (TPSA) is 38.9 Å². The molecule has 2 nitrogen and oxygen atoms in total. The zero-order valence-corrected chi connectivity index (χ0v) is 9.32. The first-order chi connectivity index (χ1) is 7.25. The van der Waals surface area contributed by atoms with Crippen molar-refractivity contribution in [1.82, 2.24) is 4.98 Å². The van der Waals surface area contributed by atoms with Crippen LogP contribution in [0, 0.1) is 11.8 Å². The van der Waals surface area contributed by atoms with Gasteiger partial charge in [0.05, 0.1) is 0 Å². The van der Waals surface area contributed by atoms with Crippen molar-refractivity contribution in [3.05, 3.63) is 29.0 Å². The zero-order valence-electron chi connectivity index (χ0n) is 8.57. The van der Waals surface area contributed by atoms with Gasteiger partial charge in [-0.3, -0.25) is 0 Å². The number of hydrogen-bond acceptors (Lipinski definition) is 2. The molecule has 0 amide bonds. The van der Waals surface area contributed by atoms with E-state index in [4.69, 9.17) is 17.3 Å². The molecule has 3 rings (SSSR count). The van der Waals surface area contributed by atoms with Gasteiger partial charge >= 0.3 is 0 Å². The van der Waals surface area contributed by atoms with Crippen LogP contribution in [0.2, 0.25) is 5.15 Å². The predicted molar refractivity (Wildman–Crippen MR) is 60.8 cm³/mol. The maximum atomic E-state index is 6.20. The van der Waals surface area contributed by atoms with Crippen molar-refractivity contribution in [2.75, 3.05) is 0 Å². The van der Waals surface area contributed by atoms with Gasteiger partial charge in [-0.15, -0.1) is 0 Å². The van der Waals surface area contributed by atoms with Gasteiger partial charge in [-0.25, -0.2) is 4.98 Å². The lowest BCUT2D eigenvalue weighted by molar-refractivity contribution is 0.417. The van der Waals surface area contributed by atoms with E-state index in [9.17, 15) is 0 Å². The first-order valence-electron chi connectivity index (χ1n) is 5.63. The van der Waals surface area contributed by atoms with Crippen LogP contribution in [0.5, 0.6) is 0 Å². The molecule has 1 heterocycles. The first kappa shape index (κ1) is 9.61. The van der Waals surface area contributed by atoms with Crippen LogP contribution in [0.4, 0.5) is 0 Å². The fourth-order valence-electron chi connectivity index (χ4n) is 3.38. The van der Waals surface area contributed by atoms with Crippen molar-refractivity contribution in [3.63, 3.8) is 0 Å². The molecule has 0 aliphatic heterocycles. The molecule has 0 radical (unpaired) electrons. The van der Waals surface area contributed by atoms with Crippen LogP contribution in [-0.2, 0) is 0 Å². The number of hydrogen-bond donors (Lipinski definition) is 1. The number of aromatic nitrogens is 1. The molecule has 2 N–H and O–H groups in total. The molecule has 2 fully saturated rings. The number of rotatable bonds is 1. The van der Waals surface area contributed by atoms with Crippen molar-refractivity contribution >= 4 is 11.6 Å². The lowest BCUT2D eigenvalue weighted by atomic mass is 9.84. The molecule has 2 aliphatic rings. The van der Waals surface area contributed by atoms with E-state index in [0.29, 0.717) is 23.0 Å². The standard InChI is InChI=1S/C12H15ClN2/c13-11-4-2-8(6-15-11)10-5-7-1-3-9(10)12(7)14/h2,4,6-7,9-10,12H,1,3,5,14H2/t7-,9+,10-,12?/m1/s1. The van der Waals surface area contributed by atoms with Crippen LogP contribution in [0.1, 0.15) is 30.7 Å². The van der Waals surface area contributed by atoms with Gasteiger partial charge in [0.15, 0.2) is 0 Å². The van der Waals surface area contributed by atoms with Gasteiger partial charge in [0.25, 0.3) is 0 Å². The summed E-state index contributed by atoms with van der Waals surface area (Å²) in [5.41, 5.74) is 7.52. The molecule has 2 saturated carbocycles. The highest BCUT2D eigenvalue weighted by atomic mass is 35.5. The number of fused-ring (bicyclic) bond motifs is 2. The average Bonchev–Trinajstić information content (AvgIpc) is 2.75. The summed E-state index contributed by atoms with van der Waals surface area (Å²) in [5.74, 6) is 2.05. The van der Waals surface area contributed by atoms with E-state index in [1.54, 1.807) is 0 Å². The van der Waals surface area contributed by atoms with Gasteiger partial charge in [0, 0.05) is 12.2 Å². The average molecular weight is 223 g/mol. The highest BCUT2D eigenvalue weighted by molar-refractivity contribution is 6.29. The lowest BCUT2D eigenvalue weighted by Crippen LogP contribution is -2.25. The summed E-state index contributed by atoms with van der Waals surface area (Å²) in [6, 6.07) is 4.41. The Morgan fingerprint density at radius 3 is 2.73 bits per heavy atom. The van der Waals surface area contributed by atoms with Crippen molar-refractivity contribution in [3.8, 4) is 0 Å². The van der Waals surface area contributed by atoms with Gasteiger partial charge < -0.3 is 5.73 Å². The minimum Gasteiger partial charge on any atom is -0.327 e. The zero-order chi connectivity index (χ0) is 10.4. The maximum Gasteiger partial charge on any atom is 0.129 e. The number of nitrogens with two attached hydrogens (primary N) is 1. The Kier molecular flexibility index (Phi) is 2.22. The number of pyridine rings is 1. The van der Waals surface area contributed by atoms with Crippen LogP contribution in [0.25, 0.3) is 0 Å². The monoisotopic (exact) mass is 222 g/mol. The summed E-state index contributed by atoms with van der Waals surface area (Å²) in [5, 5.41) is 0.575. The predicted octanol–water partition coefficient (Wildman–Crippen LogP) is 2.58. The molecule has 2 bridgehead atoms. The van der Waals surface area contributed by atoms with E-state index in [0.717, 1.165) is 5.92 Å². The quantitative estimate of drug-likeness (QED) is 0.742. The van der Waals surface area contributed by atoms with Crippen LogP contribution in [0.3, 0.4) is 0 Å². The molecule has 80 valence electrons. The van der Waals surface area contributed by atoms with Gasteiger partial charge in [-0.05, 0) is 48.6 Å². The Balaban J connectivity index is 1.87. The Bertz CT molecular complexity index is 362. The van der Waals surface area contributed by atoms with Gasteiger partial charge in [0.2, 0.25) is 0 Å². The highest BCUT2D eigenvalue weighted by Crippen LogP contribution is 2.51. The fraction of sp³-hybridized carbons (Fsp3) is 0.583. The minimum absolute atomic E-state index is 0.422. The Morgan fingerprint density at radius 1 is 1.33 bits per heavy atom. The van der Waals surface area contributed by atoms with E-state index in [-0.39, 0.29) is 0 Å². The van der Waals surface area contributed by atoms with Crippen molar-refractivity contribution < 1.29 is 0 Å². The number of halogens is 1.